The minimum atomic E-state index is -4.39. The Balaban J connectivity index is 1.22. The summed E-state index contributed by atoms with van der Waals surface area (Å²) in [5, 5.41) is 11.8. The van der Waals surface area contributed by atoms with Crippen molar-refractivity contribution in [1.82, 2.24) is 19.9 Å². The van der Waals surface area contributed by atoms with Crippen molar-refractivity contribution in [3.05, 3.63) is 52.3 Å². The molecule has 0 saturated heterocycles. The number of sulfone groups is 1. The third kappa shape index (κ3) is 11.1. The van der Waals surface area contributed by atoms with Crippen LogP contribution >= 0.6 is 11.3 Å². The second-order valence-electron chi connectivity index (χ2n) is 17.4. The molecule has 0 bridgehead atoms. The number of rotatable bonds is 23. The van der Waals surface area contributed by atoms with Crippen molar-refractivity contribution in [2.75, 3.05) is 48.7 Å². The molecular formula is C46H67N7O9S3. The van der Waals surface area contributed by atoms with Crippen LogP contribution in [0.5, 0.6) is 0 Å². The largest absolute Gasteiger partial charge is 0.382 e. The van der Waals surface area contributed by atoms with Gasteiger partial charge in [0.25, 0.3) is 15.9 Å². The molecule has 4 heterocycles. The average molecular weight is 958 g/mol. The maximum Gasteiger partial charge on any atom is 0.256 e. The zero-order chi connectivity index (χ0) is 48.2. The smallest absolute Gasteiger partial charge is 0.256 e. The van der Waals surface area contributed by atoms with Crippen LogP contribution in [-0.2, 0) is 43.8 Å². The van der Waals surface area contributed by atoms with E-state index in [0.29, 0.717) is 52.4 Å². The fourth-order valence-corrected chi connectivity index (χ4v) is 13.8. The fourth-order valence-electron chi connectivity index (χ4n) is 8.38. The van der Waals surface area contributed by atoms with Gasteiger partial charge in [-0.3, -0.25) is 19.2 Å². The number of aryl methyl sites for hydroxylation is 1. The highest BCUT2D eigenvalue weighted by molar-refractivity contribution is 7.95. The molecule has 0 saturated carbocycles. The summed E-state index contributed by atoms with van der Waals surface area (Å²) >= 11 is 0.669. The zero-order valence-corrected chi connectivity index (χ0v) is 42.0. The van der Waals surface area contributed by atoms with Crippen LogP contribution in [0.25, 0.3) is 11.6 Å². The van der Waals surface area contributed by atoms with Crippen LogP contribution in [0.1, 0.15) is 129 Å². The second-order valence-corrected chi connectivity index (χ2v) is 22.9. The number of sulfonamides is 1. The molecule has 1 aromatic carbocycles. The number of Topliss-reactive ketones (excluding diaryl/α,β-unsaturated/α-hetero) is 2. The third-order valence-corrected chi connectivity index (χ3v) is 18.9. The Kier molecular flexibility index (Phi) is 16.5. The van der Waals surface area contributed by atoms with E-state index in [-0.39, 0.29) is 46.1 Å². The third-order valence-electron chi connectivity index (χ3n) is 12.9. The summed E-state index contributed by atoms with van der Waals surface area (Å²) in [6.45, 7) is 23.7. The monoisotopic (exact) mass is 957 g/mol. The number of fused-ring (bicyclic) bond motifs is 2. The highest BCUT2D eigenvalue weighted by Crippen LogP contribution is 2.43. The van der Waals surface area contributed by atoms with Crippen molar-refractivity contribution >= 4 is 83.3 Å². The first-order valence-corrected chi connectivity index (χ1v) is 26.4. The van der Waals surface area contributed by atoms with Crippen molar-refractivity contribution in [3.8, 4) is 0 Å². The number of benzene rings is 1. The van der Waals surface area contributed by atoms with Crippen molar-refractivity contribution in [1.29, 1.82) is 0 Å². The number of hydrogen-bond donors (Lipinski definition) is 6. The molecule has 0 fully saturated rings. The van der Waals surface area contributed by atoms with E-state index in [1.54, 1.807) is 45.9 Å². The van der Waals surface area contributed by atoms with Crippen LogP contribution in [0.15, 0.2) is 32.7 Å². The lowest BCUT2D eigenvalue weighted by molar-refractivity contribution is -0.159. The predicted octanol–water partition coefficient (Wildman–Crippen LogP) is 6.73. The molecule has 2 aromatic heterocycles. The Hall–Kier alpha value is -4.24. The highest BCUT2D eigenvalue weighted by atomic mass is 32.3. The molecule has 0 radical (unpaired) electrons. The van der Waals surface area contributed by atoms with Gasteiger partial charge in [-0.15, -0.1) is 11.3 Å². The second kappa shape index (κ2) is 20.7. The normalized spacial score (nSPS) is 19.8. The first-order chi connectivity index (χ1) is 30.5. The number of ether oxygens (including phenoxy) is 1. The number of aromatic nitrogens is 1. The van der Waals surface area contributed by atoms with E-state index in [1.165, 1.54) is 19.9 Å². The maximum absolute atomic E-state index is 14.0. The Morgan fingerprint density at radius 3 is 2.37 bits per heavy atom. The molecule has 5 rings (SSSR count). The van der Waals surface area contributed by atoms with E-state index in [0.717, 1.165) is 48.8 Å². The van der Waals surface area contributed by atoms with Crippen LogP contribution in [-0.4, -0.2) is 105 Å². The summed E-state index contributed by atoms with van der Waals surface area (Å²) in [6, 6.07) is 6.13. The van der Waals surface area contributed by atoms with Gasteiger partial charge in [0.15, 0.2) is 21.4 Å². The number of H-pyrrole nitrogens is 1. The molecule has 16 nitrogen and oxygen atoms in total. The lowest BCUT2D eigenvalue weighted by Gasteiger charge is -2.35. The molecule has 6 N–H and O–H groups in total. The van der Waals surface area contributed by atoms with Gasteiger partial charge in [0.05, 0.1) is 22.0 Å². The minimum Gasteiger partial charge on any atom is -0.382 e. The first-order valence-electron chi connectivity index (χ1n) is 22.5. The lowest BCUT2D eigenvalue weighted by atomic mass is 9.89. The van der Waals surface area contributed by atoms with E-state index in [2.05, 4.69) is 49.7 Å². The van der Waals surface area contributed by atoms with Crippen LogP contribution in [0.3, 0.4) is 0 Å². The van der Waals surface area contributed by atoms with Crippen molar-refractivity contribution in [3.63, 3.8) is 0 Å². The number of nitrogens with one attached hydrogen (secondary N) is 6. The molecule has 2 aliphatic heterocycles. The van der Waals surface area contributed by atoms with Gasteiger partial charge in [0.2, 0.25) is 5.91 Å². The van der Waals surface area contributed by atoms with E-state index < -0.39 is 59.8 Å². The summed E-state index contributed by atoms with van der Waals surface area (Å²) in [7, 11) is -8.14. The Morgan fingerprint density at radius 2 is 1.74 bits per heavy atom. The number of likely N-dealkylation sites (N-methyl/N-ethyl adjacent to an activating group) is 1. The van der Waals surface area contributed by atoms with Gasteiger partial charge in [0, 0.05) is 65.9 Å². The number of carbonyl (C=O) groups excluding carboxylic acids is 4. The molecule has 65 heavy (non-hydrogen) atoms. The minimum absolute atomic E-state index is 0.000637. The molecule has 2 aliphatic rings. The molecule has 2 unspecified atom stereocenters. The lowest BCUT2D eigenvalue weighted by Crippen LogP contribution is -2.56. The molecular weight excluding hydrogens is 891 g/mol. The van der Waals surface area contributed by atoms with Crippen LogP contribution in [0, 0.1) is 13.8 Å². The SMILES string of the molecule is CCN[C@H]1C[C@H](C)S(=O)(=O)c2sc(S(=O)(=O)NC(C)(CC)C(=O)[C@H](C)OC(C)(CC)C(=O)CCC(=O)Nc3ccc4c(c3)/C(=C/c3[nH]c(C)c(NCCN(CC)CC)c3C)C(=O)N4)cc21. The molecule has 0 aliphatic carbocycles. The standard InChI is InChI=1S/C46H67N7O9S3/c1-12-45(10,52-65(60,61)40-26-34-37(47-14-3)23-27(6)64(58,59)44(34)63-40)42(56)30(9)62-46(11,13-2)38(54)19-20-39(55)50-31-17-18-35-32(24-31)33(43(57)51-35)25-36-28(7)41(29(8)49-36)48-21-22-53(15-4)16-5/h17-18,24-27,30,37,47-49,52H,12-16,19-23H2,1-11H3,(H,50,55)(H,51,57)/b33-25-/t27-,30-,37-,45?,46?/m0/s1. The molecule has 0 spiro atoms. The number of ketones is 2. The molecule has 5 atom stereocenters. The van der Waals surface area contributed by atoms with Gasteiger partial charge in [-0.2, -0.15) is 4.72 Å². The van der Waals surface area contributed by atoms with Gasteiger partial charge in [0.1, 0.15) is 20.1 Å². The quantitative estimate of drug-likeness (QED) is 0.0544. The number of anilines is 3. The van der Waals surface area contributed by atoms with Crippen LogP contribution in [0.2, 0.25) is 0 Å². The number of nitrogens with zero attached hydrogens (tertiary/aromatic N) is 1. The summed E-state index contributed by atoms with van der Waals surface area (Å²) in [6.07, 6.45) is 0.653. The number of amides is 2. The van der Waals surface area contributed by atoms with Gasteiger partial charge in [-0.1, -0.05) is 34.6 Å². The number of aromatic amines is 1. The summed E-state index contributed by atoms with van der Waals surface area (Å²) < 4.78 is 62.6. The fraction of sp³-hybridized carbons (Fsp3) is 0.565. The van der Waals surface area contributed by atoms with E-state index in [9.17, 15) is 36.0 Å². The zero-order valence-electron chi connectivity index (χ0n) is 39.5. The highest BCUT2D eigenvalue weighted by Gasteiger charge is 2.45. The van der Waals surface area contributed by atoms with Crippen molar-refractivity contribution in [2.45, 2.75) is 145 Å². The molecule has 358 valence electrons. The van der Waals surface area contributed by atoms with Crippen molar-refractivity contribution < 1.29 is 40.8 Å². The average Bonchev–Trinajstić information content (AvgIpc) is 3.94. The summed E-state index contributed by atoms with van der Waals surface area (Å²) in [5.74, 6) is -1.76. The summed E-state index contributed by atoms with van der Waals surface area (Å²) in [5.41, 5.74) is 3.05. The van der Waals surface area contributed by atoms with E-state index >= 15 is 0 Å². The molecule has 19 heteroatoms. The Bertz CT molecular complexity index is 2550. The van der Waals surface area contributed by atoms with E-state index in [1.807, 2.05) is 26.8 Å². The first kappa shape index (κ1) is 51.7. The Morgan fingerprint density at radius 1 is 1.05 bits per heavy atom. The summed E-state index contributed by atoms with van der Waals surface area (Å²) in [4.78, 5) is 59.9. The maximum atomic E-state index is 14.0. The number of hydrogen-bond acceptors (Lipinski definition) is 13. The van der Waals surface area contributed by atoms with Crippen LogP contribution < -0.4 is 26.0 Å². The van der Waals surface area contributed by atoms with Gasteiger partial charge in [-0.05, 0) is 116 Å². The number of thiophene rings is 1. The molecule has 3 aromatic rings. The van der Waals surface area contributed by atoms with Gasteiger partial charge < -0.3 is 35.9 Å². The topological polar surface area (TPSA) is 225 Å². The van der Waals surface area contributed by atoms with Gasteiger partial charge >= 0.3 is 0 Å². The van der Waals surface area contributed by atoms with E-state index in [4.69, 9.17) is 4.74 Å². The molecule has 2 amide bonds. The Labute approximate surface area is 388 Å². The predicted molar refractivity (Wildman–Crippen MR) is 258 cm³/mol. The van der Waals surface area contributed by atoms with Crippen molar-refractivity contribution in [2.24, 2.45) is 0 Å². The number of carbonyl (C=O) groups is 4. The van der Waals surface area contributed by atoms with Crippen LogP contribution in [0.4, 0.5) is 17.1 Å². The van der Waals surface area contributed by atoms with Gasteiger partial charge in [-0.25, -0.2) is 16.8 Å².